The van der Waals surface area contributed by atoms with Crippen LogP contribution < -0.4 is 14.5 Å². The number of rotatable bonds is 5. The number of para-hydroxylation sites is 2. The molecular formula is C25H18Br2N2O4. The fraction of sp³-hybridized carbons (Fsp3) is 0.0800. The minimum atomic E-state index is -0.736. The summed E-state index contributed by atoms with van der Waals surface area (Å²) < 4.78 is 7.15. The highest BCUT2D eigenvalue weighted by molar-refractivity contribution is 9.11. The van der Waals surface area contributed by atoms with E-state index in [1.54, 1.807) is 66.7 Å². The smallest absolute Gasteiger partial charge is 0.343 e. The van der Waals surface area contributed by atoms with Crippen LogP contribution in [0.1, 0.15) is 12.5 Å². The van der Waals surface area contributed by atoms with E-state index >= 15 is 0 Å². The van der Waals surface area contributed by atoms with Crippen molar-refractivity contribution in [3.05, 3.63) is 92.9 Å². The van der Waals surface area contributed by atoms with Gasteiger partial charge in [-0.2, -0.15) is 0 Å². The lowest BCUT2D eigenvalue weighted by molar-refractivity contribution is -0.121. The minimum Gasteiger partial charge on any atom is -0.492 e. The van der Waals surface area contributed by atoms with Gasteiger partial charge in [-0.05, 0) is 65.3 Å². The van der Waals surface area contributed by atoms with E-state index < -0.39 is 17.8 Å². The first kappa shape index (κ1) is 22.9. The number of halogens is 2. The Morgan fingerprint density at radius 3 is 1.82 bits per heavy atom. The molecule has 0 radical (unpaired) electrons. The Balaban J connectivity index is 1.91. The van der Waals surface area contributed by atoms with Gasteiger partial charge in [0.25, 0.3) is 11.8 Å². The van der Waals surface area contributed by atoms with Crippen LogP contribution >= 0.6 is 31.9 Å². The summed E-state index contributed by atoms with van der Waals surface area (Å²) in [5.41, 5.74) is 1.10. The number of carbonyl (C=O) groups excluding carboxylic acids is 3. The number of urea groups is 1. The molecule has 1 fully saturated rings. The second kappa shape index (κ2) is 9.72. The van der Waals surface area contributed by atoms with Crippen molar-refractivity contribution < 1.29 is 19.1 Å². The maximum absolute atomic E-state index is 13.5. The van der Waals surface area contributed by atoms with Gasteiger partial charge in [0.2, 0.25) is 0 Å². The Hall–Kier alpha value is -3.23. The molecule has 0 bridgehead atoms. The van der Waals surface area contributed by atoms with Crippen LogP contribution in [0.5, 0.6) is 5.75 Å². The van der Waals surface area contributed by atoms with Gasteiger partial charge in [-0.15, -0.1) is 0 Å². The van der Waals surface area contributed by atoms with E-state index in [9.17, 15) is 14.4 Å². The lowest BCUT2D eigenvalue weighted by atomic mass is 10.0. The van der Waals surface area contributed by atoms with E-state index in [-0.39, 0.29) is 5.57 Å². The van der Waals surface area contributed by atoms with Gasteiger partial charge >= 0.3 is 6.03 Å². The lowest BCUT2D eigenvalue weighted by Gasteiger charge is -2.34. The van der Waals surface area contributed by atoms with Crippen molar-refractivity contribution in [2.45, 2.75) is 6.92 Å². The van der Waals surface area contributed by atoms with Gasteiger partial charge in [0.1, 0.15) is 11.3 Å². The number of benzene rings is 3. The third-order valence-corrected chi connectivity index (χ3v) is 5.95. The molecule has 1 heterocycles. The van der Waals surface area contributed by atoms with Crippen LogP contribution in [0.3, 0.4) is 0 Å². The highest BCUT2D eigenvalue weighted by Gasteiger charge is 2.43. The highest BCUT2D eigenvalue weighted by atomic mass is 79.9. The van der Waals surface area contributed by atoms with E-state index in [1.807, 2.05) is 13.0 Å². The van der Waals surface area contributed by atoms with E-state index in [4.69, 9.17) is 4.74 Å². The maximum Gasteiger partial charge on any atom is 0.343 e. The molecule has 0 spiro atoms. The van der Waals surface area contributed by atoms with Gasteiger partial charge in [-0.3, -0.25) is 9.59 Å². The van der Waals surface area contributed by atoms with Gasteiger partial charge in [0.15, 0.2) is 0 Å². The third-order valence-electron chi connectivity index (χ3n) is 4.90. The number of hydrogen-bond donors (Lipinski definition) is 0. The molecule has 33 heavy (non-hydrogen) atoms. The number of barbiturate groups is 1. The van der Waals surface area contributed by atoms with Crippen LogP contribution in [0.4, 0.5) is 16.2 Å². The first-order valence-corrected chi connectivity index (χ1v) is 11.7. The summed E-state index contributed by atoms with van der Waals surface area (Å²) in [6, 6.07) is 19.9. The van der Waals surface area contributed by atoms with Crippen LogP contribution in [0.25, 0.3) is 6.08 Å². The molecule has 3 aromatic carbocycles. The molecule has 1 aliphatic rings. The summed E-state index contributed by atoms with van der Waals surface area (Å²) in [7, 11) is 0. The molecule has 0 saturated carbocycles. The number of anilines is 2. The number of carbonyl (C=O) groups is 3. The molecule has 1 aliphatic heterocycles. The monoisotopic (exact) mass is 568 g/mol. The van der Waals surface area contributed by atoms with Crippen LogP contribution in [-0.2, 0) is 9.59 Å². The summed E-state index contributed by atoms with van der Waals surface area (Å²) in [6.45, 7) is 2.23. The predicted octanol–water partition coefficient (Wildman–Crippen LogP) is 6.19. The quantitative estimate of drug-likeness (QED) is 0.271. The molecule has 4 rings (SSSR count). The van der Waals surface area contributed by atoms with Crippen molar-refractivity contribution >= 4 is 67.2 Å². The average Bonchev–Trinajstić information content (AvgIpc) is 2.80. The zero-order chi connectivity index (χ0) is 23.5. The SMILES string of the molecule is CCOc1c(Br)cc(Br)cc1C=C1C(=O)N(c2ccccc2)C(=O)N(c2ccccc2)C1=O. The summed E-state index contributed by atoms with van der Waals surface area (Å²) in [6.07, 6.45) is 1.46. The summed E-state index contributed by atoms with van der Waals surface area (Å²) in [4.78, 5) is 42.4. The summed E-state index contributed by atoms with van der Waals surface area (Å²) in [5, 5.41) is 0. The van der Waals surface area contributed by atoms with E-state index in [2.05, 4.69) is 31.9 Å². The molecular weight excluding hydrogens is 552 g/mol. The van der Waals surface area contributed by atoms with E-state index in [0.29, 0.717) is 33.8 Å². The molecule has 4 amide bonds. The first-order valence-electron chi connectivity index (χ1n) is 10.1. The van der Waals surface area contributed by atoms with Crippen molar-refractivity contribution in [2.24, 2.45) is 0 Å². The number of hydrogen-bond acceptors (Lipinski definition) is 4. The van der Waals surface area contributed by atoms with Gasteiger partial charge < -0.3 is 4.74 Å². The normalized spacial score (nSPS) is 14.0. The third kappa shape index (κ3) is 4.49. The van der Waals surface area contributed by atoms with Crippen molar-refractivity contribution in [3.8, 4) is 5.75 Å². The van der Waals surface area contributed by atoms with Crippen LogP contribution in [0.2, 0.25) is 0 Å². The standard InChI is InChI=1S/C25H18Br2N2O4/c1-2-33-22-16(13-17(26)15-21(22)27)14-20-23(30)28(18-9-5-3-6-10-18)25(32)29(24(20)31)19-11-7-4-8-12-19/h3-15H,2H2,1H3. The summed E-state index contributed by atoms with van der Waals surface area (Å²) >= 11 is 6.91. The fourth-order valence-electron chi connectivity index (χ4n) is 3.48. The first-order chi connectivity index (χ1) is 15.9. The minimum absolute atomic E-state index is 0.159. The molecule has 6 nitrogen and oxygen atoms in total. The lowest BCUT2D eigenvalue weighted by Crippen LogP contribution is -2.57. The Labute approximate surface area is 207 Å². The average molecular weight is 570 g/mol. The van der Waals surface area contributed by atoms with Gasteiger partial charge in [-0.25, -0.2) is 14.6 Å². The molecule has 1 saturated heterocycles. The Morgan fingerprint density at radius 1 is 0.818 bits per heavy atom. The van der Waals surface area contributed by atoms with Crippen molar-refractivity contribution in [1.82, 2.24) is 0 Å². The largest absolute Gasteiger partial charge is 0.492 e. The Kier molecular flexibility index (Phi) is 6.76. The predicted molar refractivity (Wildman–Crippen MR) is 134 cm³/mol. The van der Waals surface area contributed by atoms with E-state index in [0.717, 1.165) is 14.3 Å². The maximum atomic E-state index is 13.5. The number of amides is 4. The van der Waals surface area contributed by atoms with Gasteiger partial charge in [-0.1, -0.05) is 52.3 Å². The summed E-state index contributed by atoms with van der Waals surface area (Å²) in [5.74, 6) is -0.924. The Morgan fingerprint density at radius 2 is 1.33 bits per heavy atom. The van der Waals surface area contributed by atoms with Gasteiger partial charge in [0, 0.05) is 10.0 Å². The van der Waals surface area contributed by atoms with E-state index in [1.165, 1.54) is 6.08 Å². The fourth-order valence-corrected chi connectivity index (χ4v) is 4.85. The highest BCUT2D eigenvalue weighted by Crippen LogP contribution is 2.36. The van der Waals surface area contributed by atoms with Gasteiger partial charge in [0.05, 0.1) is 22.5 Å². The molecule has 8 heteroatoms. The van der Waals surface area contributed by atoms with Crippen LogP contribution in [0.15, 0.2) is 87.3 Å². The molecule has 0 unspecified atom stereocenters. The van der Waals surface area contributed by atoms with Crippen molar-refractivity contribution in [1.29, 1.82) is 0 Å². The molecule has 0 aromatic heterocycles. The molecule has 166 valence electrons. The zero-order valence-electron chi connectivity index (χ0n) is 17.5. The number of imide groups is 2. The van der Waals surface area contributed by atoms with Crippen molar-refractivity contribution in [3.63, 3.8) is 0 Å². The van der Waals surface area contributed by atoms with Crippen LogP contribution in [-0.4, -0.2) is 24.5 Å². The molecule has 0 atom stereocenters. The van der Waals surface area contributed by atoms with Crippen molar-refractivity contribution in [2.75, 3.05) is 16.4 Å². The second-order valence-electron chi connectivity index (χ2n) is 7.03. The van der Waals surface area contributed by atoms with Crippen LogP contribution in [0, 0.1) is 0 Å². The topological polar surface area (TPSA) is 66.9 Å². The number of ether oxygens (including phenoxy) is 1. The zero-order valence-corrected chi connectivity index (χ0v) is 20.7. The Bertz CT molecular complexity index is 1200. The second-order valence-corrected chi connectivity index (χ2v) is 8.80. The molecule has 3 aromatic rings. The molecule has 0 N–H and O–H groups in total. The molecule has 0 aliphatic carbocycles. The number of nitrogens with zero attached hydrogens (tertiary/aromatic N) is 2.